The number of alkyl halides is 1. The maximum absolute atomic E-state index is 12.3. The second kappa shape index (κ2) is 6.92. The number of ether oxygens (including phenoxy) is 1. The minimum absolute atomic E-state index is 0.0765. The molecule has 2 rings (SSSR count). The van der Waals surface area contributed by atoms with Crippen LogP contribution in [0.1, 0.15) is 28.8 Å². The fourth-order valence-electron chi connectivity index (χ4n) is 2.36. The standard InChI is InChI=1S/C15H20ClNO2/c1-17(11-13-6-8-19-9-7-13)15(18)14-4-2-12(10-16)3-5-14/h2-5,13H,6-11H2,1H3. The molecular formula is C15H20ClNO2. The molecular weight excluding hydrogens is 262 g/mol. The average Bonchev–Trinajstić information content (AvgIpc) is 2.47. The number of carbonyl (C=O) groups excluding carboxylic acids is 1. The normalized spacial score (nSPS) is 16.3. The Kier molecular flexibility index (Phi) is 5.23. The van der Waals surface area contributed by atoms with Crippen LogP contribution in [0.5, 0.6) is 0 Å². The Balaban J connectivity index is 1.93. The maximum Gasteiger partial charge on any atom is 0.253 e. The summed E-state index contributed by atoms with van der Waals surface area (Å²) >= 11 is 5.74. The van der Waals surface area contributed by atoms with Crippen molar-refractivity contribution in [3.05, 3.63) is 35.4 Å². The number of hydrogen-bond acceptors (Lipinski definition) is 2. The molecule has 1 heterocycles. The van der Waals surface area contributed by atoms with Gasteiger partial charge >= 0.3 is 0 Å². The van der Waals surface area contributed by atoms with Crippen LogP contribution in [0.2, 0.25) is 0 Å². The van der Waals surface area contributed by atoms with Crippen LogP contribution in [0.25, 0.3) is 0 Å². The molecule has 0 aliphatic carbocycles. The van der Waals surface area contributed by atoms with Crippen molar-refractivity contribution in [2.24, 2.45) is 5.92 Å². The Morgan fingerprint density at radius 3 is 2.53 bits per heavy atom. The van der Waals surface area contributed by atoms with E-state index in [4.69, 9.17) is 16.3 Å². The molecule has 4 heteroatoms. The van der Waals surface area contributed by atoms with Gasteiger partial charge in [0, 0.05) is 38.2 Å². The van der Waals surface area contributed by atoms with E-state index in [9.17, 15) is 4.79 Å². The molecule has 1 fully saturated rings. The van der Waals surface area contributed by atoms with Gasteiger partial charge in [0.05, 0.1) is 0 Å². The van der Waals surface area contributed by atoms with Gasteiger partial charge in [0.2, 0.25) is 0 Å². The van der Waals surface area contributed by atoms with Crippen molar-refractivity contribution < 1.29 is 9.53 Å². The fraction of sp³-hybridized carbons (Fsp3) is 0.533. The fourth-order valence-corrected chi connectivity index (χ4v) is 2.53. The molecule has 1 aromatic carbocycles. The molecule has 0 radical (unpaired) electrons. The highest BCUT2D eigenvalue weighted by Crippen LogP contribution is 2.17. The van der Waals surface area contributed by atoms with Gasteiger partial charge in [-0.2, -0.15) is 0 Å². The van der Waals surface area contributed by atoms with E-state index < -0.39 is 0 Å². The Morgan fingerprint density at radius 1 is 1.32 bits per heavy atom. The summed E-state index contributed by atoms with van der Waals surface area (Å²) in [5, 5.41) is 0. The van der Waals surface area contributed by atoms with E-state index in [0.717, 1.165) is 43.7 Å². The number of nitrogens with zero attached hydrogens (tertiary/aromatic N) is 1. The van der Waals surface area contributed by atoms with Gasteiger partial charge in [0.25, 0.3) is 5.91 Å². The van der Waals surface area contributed by atoms with E-state index in [2.05, 4.69) is 0 Å². The number of hydrogen-bond donors (Lipinski definition) is 0. The van der Waals surface area contributed by atoms with E-state index in [1.54, 1.807) is 0 Å². The Hall–Kier alpha value is -1.06. The van der Waals surface area contributed by atoms with Gasteiger partial charge in [-0.05, 0) is 36.5 Å². The Bertz CT molecular complexity index is 413. The molecule has 0 aromatic heterocycles. The molecule has 1 aliphatic rings. The van der Waals surface area contributed by atoms with Crippen molar-refractivity contribution in [1.29, 1.82) is 0 Å². The van der Waals surface area contributed by atoms with Gasteiger partial charge in [0.15, 0.2) is 0 Å². The van der Waals surface area contributed by atoms with Crippen LogP contribution in [0, 0.1) is 5.92 Å². The predicted octanol–water partition coefficient (Wildman–Crippen LogP) is 2.92. The summed E-state index contributed by atoms with van der Waals surface area (Å²) in [6.07, 6.45) is 2.09. The lowest BCUT2D eigenvalue weighted by atomic mass is 9.99. The quantitative estimate of drug-likeness (QED) is 0.794. The first kappa shape index (κ1) is 14.4. The van der Waals surface area contributed by atoms with Gasteiger partial charge in [-0.25, -0.2) is 0 Å². The molecule has 0 spiro atoms. The summed E-state index contributed by atoms with van der Waals surface area (Å²) in [6.45, 7) is 2.44. The lowest BCUT2D eigenvalue weighted by Gasteiger charge is -2.27. The van der Waals surface area contributed by atoms with Crippen LogP contribution < -0.4 is 0 Å². The molecule has 0 atom stereocenters. The number of carbonyl (C=O) groups is 1. The second-order valence-corrected chi connectivity index (χ2v) is 5.34. The number of benzene rings is 1. The van der Waals surface area contributed by atoms with Crippen molar-refractivity contribution in [3.63, 3.8) is 0 Å². The first-order valence-electron chi connectivity index (χ1n) is 6.69. The highest BCUT2D eigenvalue weighted by Gasteiger charge is 2.19. The molecule has 0 saturated carbocycles. The van der Waals surface area contributed by atoms with Crippen LogP contribution in [0.4, 0.5) is 0 Å². The maximum atomic E-state index is 12.3. The number of amides is 1. The largest absolute Gasteiger partial charge is 0.381 e. The van der Waals surface area contributed by atoms with Gasteiger partial charge in [-0.1, -0.05) is 12.1 Å². The minimum Gasteiger partial charge on any atom is -0.381 e. The Morgan fingerprint density at radius 2 is 1.95 bits per heavy atom. The molecule has 1 saturated heterocycles. The highest BCUT2D eigenvalue weighted by molar-refractivity contribution is 6.17. The average molecular weight is 282 g/mol. The van der Waals surface area contributed by atoms with Crippen molar-refractivity contribution in [2.45, 2.75) is 18.7 Å². The third kappa shape index (κ3) is 3.95. The van der Waals surface area contributed by atoms with Crippen molar-refractivity contribution >= 4 is 17.5 Å². The zero-order chi connectivity index (χ0) is 13.7. The molecule has 1 aliphatic heterocycles. The SMILES string of the molecule is CN(CC1CCOCC1)C(=O)c1ccc(CCl)cc1. The van der Waals surface area contributed by atoms with Crippen LogP contribution in [0.15, 0.2) is 24.3 Å². The molecule has 19 heavy (non-hydrogen) atoms. The van der Waals surface area contributed by atoms with Crippen molar-refractivity contribution in [1.82, 2.24) is 4.90 Å². The van der Waals surface area contributed by atoms with Crippen molar-refractivity contribution in [3.8, 4) is 0 Å². The number of rotatable bonds is 4. The molecule has 104 valence electrons. The van der Waals surface area contributed by atoms with Gasteiger partial charge in [0.1, 0.15) is 0 Å². The van der Waals surface area contributed by atoms with E-state index in [1.165, 1.54) is 0 Å². The summed E-state index contributed by atoms with van der Waals surface area (Å²) in [6, 6.07) is 7.51. The second-order valence-electron chi connectivity index (χ2n) is 5.07. The number of halogens is 1. The first-order valence-corrected chi connectivity index (χ1v) is 7.22. The summed E-state index contributed by atoms with van der Waals surface area (Å²) in [7, 11) is 1.87. The molecule has 0 bridgehead atoms. The minimum atomic E-state index is 0.0765. The summed E-state index contributed by atoms with van der Waals surface area (Å²) in [5.41, 5.74) is 1.76. The summed E-state index contributed by atoms with van der Waals surface area (Å²) < 4.78 is 5.34. The van der Waals surface area contributed by atoms with Gasteiger partial charge in [-0.3, -0.25) is 4.79 Å². The van der Waals surface area contributed by atoms with E-state index >= 15 is 0 Å². The molecule has 0 unspecified atom stereocenters. The molecule has 1 aromatic rings. The highest BCUT2D eigenvalue weighted by atomic mass is 35.5. The first-order chi connectivity index (χ1) is 9.20. The van der Waals surface area contributed by atoms with Crippen LogP contribution in [0.3, 0.4) is 0 Å². The monoisotopic (exact) mass is 281 g/mol. The van der Waals surface area contributed by atoms with E-state index in [-0.39, 0.29) is 5.91 Å². The van der Waals surface area contributed by atoms with Crippen molar-refractivity contribution in [2.75, 3.05) is 26.8 Å². The van der Waals surface area contributed by atoms with Crippen LogP contribution in [-0.4, -0.2) is 37.6 Å². The third-order valence-electron chi connectivity index (χ3n) is 3.57. The molecule has 3 nitrogen and oxygen atoms in total. The third-order valence-corrected chi connectivity index (χ3v) is 3.88. The topological polar surface area (TPSA) is 29.5 Å². The van der Waals surface area contributed by atoms with Gasteiger partial charge in [-0.15, -0.1) is 11.6 Å². The predicted molar refractivity (Wildman–Crippen MR) is 76.5 cm³/mol. The Labute approximate surface area is 119 Å². The van der Waals surface area contributed by atoms with E-state index in [0.29, 0.717) is 11.8 Å². The smallest absolute Gasteiger partial charge is 0.253 e. The molecule has 1 amide bonds. The lowest BCUT2D eigenvalue weighted by Crippen LogP contribution is -2.34. The lowest BCUT2D eigenvalue weighted by molar-refractivity contribution is 0.0497. The zero-order valence-electron chi connectivity index (χ0n) is 11.3. The van der Waals surface area contributed by atoms with Crippen LogP contribution in [-0.2, 0) is 10.6 Å². The zero-order valence-corrected chi connectivity index (χ0v) is 12.0. The van der Waals surface area contributed by atoms with Gasteiger partial charge < -0.3 is 9.64 Å². The van der Waals surface area contributed by atoms with Crippen LogP contribution >= 0.6 is 11.6 Å². The summed E-state index contributed by atoms with van der Waals surface area (Å²) in [5.74, 6) is 1.12. The summed E-state index contributed by atoms with van der Waals surface area (Å²) in [4.78, 5) is 14.1. The molecule has 0 N–H and O–H groups in total. The van der Waals surface area contributed by atoms with E-state index in [1.807, 2.05) is 36.2 Å².